The van der Waals surface area contributed by atoms with E-state index in [1.165, 1.54) is 0 Å². The van der Waals surface area contributed by atoms with E-state index in [-0.39, 0.29) is 0 Å². The number of para-hydroxylation sites is 1. The molecule has 0 amide bonds. The molecular weight excluding hydrogens is 270 g/mol. The van der Waals surface area contributed by atoms with Crippen molar-refractivity contribution in [1.82, 2.24) is 9.97 Å². The zero-order valence-corrected chi connectivity index (χ0v) is 12.1. The Morgan fingerprint density at radius 3 is 2.55 bits per heavy atom. The van der Waals surface area contributed by atoms with E-state index in [1.54, 1.807) is 0 Å². The van der Waals surface area contributed by atoms with Crippen LogP contribution < -0.4 is 5.73 Å². The molecule has 1 heterocycles. The number of hydrogen-bond donors (Lipinski definition) is 1. The smallest absolute Gasteiger partial charge is 0.162 e. The van der Waals surface area contributed by atoms with E-state index in [0.717, 1.165) is 27.6 Å². The van der Waals surface area contributed by atoms with Gasteiger partial charge in [0.25, 0.3) is 0 Å². The molecule has 0 bridgehead atoms. The largest absolute Gasteiger partial charge is 0.383 e. The van der Waals surface area contributed by atoms with Crippen molar-refractivity contribution in [3.63, 3.8) is 0 Å². The zero-order chi connectivity index (χ0) is 14.3. The molecule has 0 radical (unpaired) electrons. The van der Waals surface area contributed by atoms with Gasteiger partial charge in [-0.25, -0.2) is 9.97 Å². The Morgan fingerprint density at radius 1 is 1.00 bits per heavy atom. The molecule has 0 saturated carbocycles. The van der Waals surface area contributed by atoms with Gasteiger partial charge in [0.2, 0.25) is 0 Å². The molecule has 0 unspecified atom stereocenters. The Bertz CT molecular complexity index is 812. The second-order valence-electron chi connectivity index (χ2n) is 4.82. The number of rotatable bonds is 1. The van der Waals surface area contributed by atoms with Gasteiger partial charge in [0.1, 0.15) is 5.82 Å². The van der Waals surface area contributed by atoms with Crippen molar-refractivity contribution in [2.24, 2.45) is 0 Å². The molecule has 2 N–H and O–H groups in total. The maximum absolute atomic E-state index is 6.17. The van der Waals surface area contributed by atoms with E-state index < -0.39 is 0 Å². The number of halogens is 1. The van der Waals surface area contributed by atoms with Crippen LogP contribution in [0.3, 0.4) is 0 Å². The lowest BCUT2D eigenvalue weighted by Crippen LogP contribution is -2.00. The fraction of sp³-hybridized carbons (Fsp3) is 0.125. The highest BCUT2D eigenvalue weighted by molar-refractivity contribution is 6.31. The summed E-state index contributed by atoms with van der Waals surface area (Å²) in [6.07, 6.45) is 0. The predicted octanol–water partition coefficient (Wildman–Crippen LogP) is 4.15. The fourth-order valence-corrected chi connectivity index (χ4v) is 2.46. The number of aryl methyl sites for hydroxylation is 1. The minimum atomic E-state index is 0.494. The normalized spacial score (nSPS) is 10.9. The summed E-state index contributed by atoms with van der Waals surface area (Å²) in [6.45, 7) is 3.97. The SMILES string of the molecule is Cc1c(Cl)cccc1-c1nc(N)c2cccc(C)c2n1. The minimum absolute atomic E-state index is 0.494. The minimum Gasteiger partial charge on any atom is -0.383 e. The molecule has 20 heavy (non-hydrogen) atoms. The summed E-state index contributed by atoms with van der Waals surface area (Å²) in [6, 6.07) is 11.6. The number of nitrogens with zero attached hydrogens (tertiary/aromatic N) is 2. The molecule has 100 valence electrons. The molecule has 3 aromatic rings. The van der Waals surface area contributed by atoms with Crippen LogP contribution in [-0.2, 0) is 0 Å². The lowest BCUT2D eigenvalue weighted by Gasteiger charge is -2.10. The van der Waals surface area contributed by atoms with Gasteiger partial charge in [-0.15, -0.1) is 0 Å². The number of aromatic nitrogens is 2. The van der Waals surface area contributed by atoms with Crippen molar-refractivity contribution in [1.29, 1.82) is 0 Å². The van der Waals surface area contributed by atoms with Crippen LogP contribution in [0, 0.1) is 13.8 Å². The van der Waals surface area contributed by atoms with Gasteiger partial charge in [-0.2, -0.15) is 0 Å². The first-order valence-corrected chi connectivity index (χ1v) is 6.74. The summed E-state index contributed by atoms with van der Waals surface area (Å²) in [7, 11) is 0. The Labute approximate surface area is 122 Å². The van der Waals surface area contributed by atoms with Crippen LogP contribution in [0.15, 0.2) is 36.4 Å². The van der Waals surface area contributed by atoms with Crippen molar-refractivity contribution in [3.05, 3.63) is 52.5 Å². The molecule has 0 saturated heterocycles. The molecule has 1 aromatic heterocycles. The van der Waals surface area contributed by atoms with Gasteiger partial charge in [-0.3, -0.25) is 0 Å². The molecule has 0 aliphatic carbocycles. The van der Waals surface area contributed by atoms with Crippen LogP contribution in [0.5, 0.6) is 0 Å². The lowest BCUT2D eigenvalue weighted by molar-refractivity contribution is 1.21. The van der Waals surface area contributed by atoms with Crippen molar-refractivity contribution < 1.29 is 0 Å². The Morgan fingerprint density at radius 2 is 1.75 bits per heavy atom. The average Bonchev–Trinajstić information content (AvgIpc) is 2.43. The number of fused-ring (bicyclic) bond motifs is 1. The summed E-state index contributed by atoms with van der Waals surface area (Å²) in [4.78, 5) is 9.08. The maximum Gasteiger partial charge on any atom is 0.162 e. The van der Waals surface area contributed by atoms with Gasteiger partial charge < -0.3 is 5.73 Å². The van der Waals surface area contributed by atoms with Gasteiger partial charge in [0.05, 0.1) is 5.52 Å². The third-order valence-electron chi connectivity index (χ3n) is 3.47. The van der Waals surface area contributed by atoms with E-state index in [1.807, 2.05) is 50.2 Å². The molecule has 0 spiro atoms. The van der Waals surface area contributed by atoms with Crippen molar-refractivity contribution in [2.45, 2.75) is 13.8 Å². The first-order valence-electron chi connectivity index (χ1n) is 6.36. The zero-order valence-electron chi connectivity index (χ0n) is 11.3. The maximum atomic E-state index is 6.17. The molecule has 0 atom stereocenters. The Balaban J connectivity index is 2.33. The van der Waals surface area contributed by atoms with Crippen molar-refractivity contribution >= 4 is 28.3 Å². The molecule has 0 aliphatic heterocycles. The second-order valence-corrected chi connectivity index (χ2v) is 5.22. The highest BCUT2D eigenvalue weighted by Crippen LogP contribution is 2.29. The highest BCUT2D eigenvalue weighted by atomic mass is 35.5. The predicted molar refractivity (Wildman–Crippen MR) is 83.9 cm³/mol. The average molecular weight is 284 g/mol. The van der Waals surface area contributed by atoms with Crippen LogP contribution >= 0.6 is 11.6 Å². The molecule has 3 nitrogen and oxygen atoms in total. The number of benzene rings is 2. The number of hydrogen-bond acceptors (Lipinski definition) is 3. The van der Waals surface area contributed by atoms with Crippen molar-refractivity contribution in [2.75, 3.05) is 5.73 Å². The summed E-state index contributed by atoms with van der Waals surface area (Å²) in [5, 5.41) is 1.59. The van der Waals surface area contributed by atoms with Crippen LogP contribution in [-0.4, -0.2) is 9.97 Å². The molecule has 3 rings (SSSR count). The van der Waals surface area contributed by atoms with Crippen LogP contribution in [0.2, 0.25) is 5.02 Å². The third-order valence-corrected chi connectivity index (χ3v) is 3.88. The van der Waals surface area contributed by atoms with Crippen molar-refractivity contribution in [3.8, 4) is 11.4 Å². The van der Waals surface area contributed by atoms with Gasteiger partial charge in [0.15, 0.2) is 5.82 Å². The van der Waals surface area contributed by atoms with Gasteiger partial charge in [-0.05, 0) is 37.1 Å². The first-order chi connectivity index (χ1) is 9.58. The Kier molecular flexibility index (Phi) is 3.07. The van der Waals surface area contributed by atoms with Crippen LogP contribution in [0.1, 0.15) is 11.1 Å². The quantitative estimate of drug-likeness (QED) is 0.730. The third kappa shape index (κ3) is 2.00. The number of nitrogen functional groups attached to an aromatic ring is 1. The van der Waals surface area contributed by atoms with Gasteiger partial charge in [0, 0.05) is 16.0 Å². The van der Waals surface area contributed by atoms with E-state index in [9.17, 15) is 0 Å². The topological polar surface area (TPSA) is 51.8 Å². The number of nitrogens with two attached hydrogens (primary N) is 1. The van der Waals surface area contributed by atoms with Crippen LogP contribution in [0.4, 0.5) is 5.82 Å². The summed E-state index contributed by atoms with van der Waals surface area (Å²) in [5.74, 6) is 1.11. The van der Waals surface area contributed by atoms with E-state index >= 15 is 0 Å². The first kappa shape index (κ1) is 12.9. The van der Waals surface area contributed by atoms with Crippen LogP contribution in [0.25, 0.3) is 22.3 Å². The molecule has 0 fully saturated rings. The molecule has 0 aliphatic rings. The fourth-order valence-electron chi connectivity index (χ4n) is 2.29. The molecular formula is C16H14ClN3. The summed E-state index contributed by atoms with van der Waals surface area (Å²) >= 11 is 6.17. The van der Waals surface area contributed by atoms with Gasteiger partial charge in [-0.1, -0.05) is 35.9 Å². The molecule has 4 heteroatoms. The second kappa shape index (κ2) is 4.76. The van der Waals surface area contributed by atoms with Gasteiger partial charge >= 0.3 is 0 Å². The number of anilines is 1. The standard InChI is InChI=1S/C16H14ClN3/c1-9-5-3-7-12-14(9)19-16(20-15(12)18)11-6-4-8-13(17)10(11)2/h3-8H,1-2H3,(H2,18,19,20). The lowest BCUT2D eigenvalue weighted by atomic mass is 10.1. The Hall–Kier alpha value is -2.13. The summed E-state index contributed by atoms with van der Waals surface area (Å²) < 4.78 is 0. The van der Waals surface area contributed by atoms with E-state index in [4.69, 9.17) is 17.3 Å². The van der Waals surface area contributed by atoms with E-state index in [0.29, 0.717) is 16.7 Å². The summed E-state index contributed by atoms with van der Waals surface area (Å²) in [5.41, 5.74) is 9.90. The monoisotopic (exact) mass is 283 g/mol. The van der Waals surface area contributed by atoms with E-state index in [2.05, 4.69) is 9.97 Å². The highest BCUT2D eigenvalue weighted by Gasteiger charge is 2.11. The molecule has 2 aromatic carbocycles.